The Balaban J connectivity index is 1.53. The molecule has 2 fully saturated rings. The summed E-state index contributed by atoms with van der Waals surface area (Å²) in [6, 6.07) is 9.34. The van der Waals surface area contributed by atoms with Crippen LogP contribution in [0, 0.1) is 11.8 Å². The molecule has 1 N–H and O–H groups in total. The number of likely N-dealkylation sites (tertiary alicyclic amines) is 2. The normalized spacial score (nSPS) is 23.4. The summed E-state index contributed by atoms with van der Waals surface area (Å²) >= 11 is 0. The van der Waals surface area contributed by atoms with Crippen molar-refractivity contribution in [2.75, 3.05) is 39.3 Å². The lowest BCUT2D eigenvalue weighted by atomic mass is 9.81. The molecule has 2 atom stereocenters. The van der Waals surface area contributed by atoms with E-state index >= 15 is 0 Å². The number of nitrogens with one attached hydrogen (secondary N) is 1. The van der Waals surface area contributed by atoms with Crippen LogP contribution in [0.25, 0.3) is 0 Å². The van der Waals surface area contributed by atoms with Crippen LogP contribution in [0.4, 0.5) is 0 Å². The molecule has 1 amide bonds. The number of nitrogens with zero attached hydrogens (tertiary/aromatic N) is 1. The highest BCUT2D eigenvalue weighted by Gasteiger charge is 2.32. The fraction of sp³-hybridized carbons (Fsp3) is 0.636. The third-order valence-electron chi connectivity index (χ3n) is 6.21. The van der Waals surface area contributed by atoms with E-state index < -0.39 is 5.97 Å². The van der Waals surface area contributed by atoms with E-state index in [1.54, 1.807) is 4.90 Å². The number of aliphatic carboxylic acids is 1. The van der Waals surface area contributed by atoms with E-state index in [-0.39, 0.29) is 30.8 Å². The van der Waals surface area contributed by atoms with E-state index in [0.29, 0.717) is 18.8 Å². The average Bonchev–Trinajstić information content (AvgIpc) is 2.72. The SMILES string of the molecule is O=C([O-])C[C@@H]1CCN(C(=O)COc2ccccc2)C[C@@H]1CC[NH+]1CCCCC1. The Bertz CT molecular complexity index is 631. The van der Waals surface area contributed by atoms with Crippen LogP contribution >= 0.6 is 0 Å². The minimum absolute atomic E-state index is 0.0222. The topological polar surface area (TPSA) is 74.1 Å². The first-order valence-corrected chi connectivity index (χ1v) is 10.6. The predicted octanol–water partition coefficient (Wildman–Crippen LogP) is 0.129. The van der Waals surface area contributed by atoms with Gasteiger partial charge < -0.3 is 24.4 Å². The zero-order chi connectivity index (χ0) is 19.8. The molecule has 154 valence electrons. The van der Waals surface area contributed by atoms with Crippen LogP contribution in [0.5, 0.6) is 5.75 Å². The van der Waals surface area contributed by atoms with Crippen LogP contribution in [-0.4, -0.2) is 56.1 Å². The van der Waals surface area contributed by atoms with Gasteiger partial charge in [-0.15, -0.1) is 0 Å². The van der Waals surface area contributed by atoms with E-state index in [0.717, 1.165) is 19.4 Å². The number of carboxylic acid groups (broad SMARTS) is 1. The number of piperidine rings is 2. The highest BCUT2D eigenvalue weighted by Crippen LogP contribution is 2.28. The lowest BCUT2D eigenvalue weighted by molar-refractivity contribution is -0.905. The first kappa shape index (κ1) is 20.6. The molecule has 2 aliphatic rings. The predicted molar refractivity (Wildman–Crippen MR) is 104 cm³/mol. The van der Waals surface area contributed by atoms with Gasteiger partial charge in [-0.3, -0.25) is 4.79 Å². The maximum atomic E-state index is 12.6. The van der Waals surface area contributed by atoms with Crippen LogP contribution in [0.2, 0.25) is 0 Å². The molecule has 2 saturated heterocycles. The first-order valence-electron chi connectivity index (χ1n) is 10.6. The number of hydrogen-bond acceptors (Lipinski definition) is 4. The number of amides is 1. The standard InChI is InChI=1S/C22H32N2O4/c25-21(17-28-20-7-3-1-4-8-20)24-14-10-18(15-22(26)27)19(16-24)9-13-23-11-5-2-6-12-23/h1,3-4,7-8,18-19H,2,5-6,9-17H2,(H,26,27)/t18-,19-/m0/s1. The second-order valence-electron chi connectivity index (χ2n) is 8.18. The van der Waals surface area contributed by atoms with Gasteiger partial charge in [-0.05, 0) is 56.1 Å². The summed E-state index contributed by atoms with van der Waals surface area (Å²) in [5, 5.41) is 11.2. The summed E-state index contributed by atoms with van der Waals surface area (Å²) in [7, 11) is 0. The van der Waals surface area contributed by atoms with Crippen molar-refractivity contribution in [3.05, 3.63) is 30.3 Å². The van der Waals surface area contributed by atoms with Gasteiger partial charge in [0.15, 0.2) is 6.61 Å². The van der Waals surface area contributed by atoms with Gasteiger partial charge >= 0.3 is 0 Å². The Hall–Kier alpha value is -2.08. The van der Waals surface area contributed by atoms with Gasteiger partial charge in [-0.1, -0.05) is 18.2 Å². The van der Waals surface area contributed by atoms with Gasteiger partial charge in [-0.2, -0.15) is 0 Å². The lowest BCUT2D eigenvalue weighted by Crippen LogP contribution is -3.12. The fourth-order valence-electron chi connectivity index (χ4n) is 4.56. The number of carboxylic acids is 1. The molecule has 2 aliphatic heterocycles. The molecule has 2 heterocycles. The van der Waals surface area contributed by atoms with Crippen LogP contribution in [0.15, 0.2) is 30.3 Å². The monoisotopic (exact) mass is 388 g/mol. The molecule has 28 heavy (non-hydrogen) atoms. The van der Waals surface area contributed by atoms with Crippen LogP contribution in [0.1, 0.15) is 38.5 Å². The molecule has 0 unspecified atom stereocenters. The van der Waals surface area contributed by atoms with Crippen molar-refractivity contribution in [2.45, 2.75) is 38.5 Å². The summed E-state index contributed by atoms with van der Waals surface area (Å²) in [4.78, 5) is 27.3. The summed E-state index contributed by atoms with van der Waals surface area (Å²) < 4.78 is 5.60. The molecule has 6 heteroatoms. The van der Waals surface area contributed by atoms with Crippen molar-refractivity contribution in [1.29, 1.82) is 0 Å². The zero-order valence-electron chi connectivity index (χ0n) is 16.6. The smallest absolute Gasteiger partial charge is 0.260 e. The molecule has 0 spiro atoms. The summed E-state index contributed by atoms with van der Waals surface area (Å²) in [6.07, 6.45) is 5.68. The molecule has 0 aliphatic carbocycles. The number of carbonyl (C=O) groups excluding carboxylic acids is 2. The molecule has 0 saturated carbocycles. The Labute approximate surface area is 167 Å². The van der Waals surface area contributed by atoms with Crippen molar-refractivity contribution in [1.82, 2.24) is 4.90 Å². The van der Waals surface area contributed by atoms with E-state index in [1.807, 2.05) is 35.2 Å². The minimum atomic E-state index is -0.979. The van der Waals surface area contributed by atoms with Gasteiger partial charge in [0.25, 0.3) is 5.91 Å². The maximum absolute atomic E-state index is 12.6. The quantitative estimate of drug-likeness (QED) is 0.687. The van der Waals surface area contributed by atoms with Gasteiger partial charge in [0.1, 0.15) is 5.75 Å². The molecular weight excluding hydrogens is 356 g/mol. The zero-order valence-corrected chi connectivity index (χ0v) is 16.6. The average molecular weight is 389 g/mol. The van der Waals surface area contributed by atoms with E-state index in [1.165, 1.54) is 32.4 Å². The van der Waals surface area contributed by atoms with Crippen molar-refractivity contribution in [3.8, 4) is 5.75 Å². The van der Waals surface area contributed by atoms with Crippen LogP contribution < -0.4 is 14.7 Å². The number of carbonyl (C=O) groups is 2. The highest BCUT2D eigenvalue weighted by molar-refractivity contribution is 5.78. The van der Waals surface area contributed by atoms with E-state index in [9.17, 15) is 14.7 Å². The Kier molecular flexibility index (Phi) is 7.71. The number of benzene rings is 1. The summed E-state index contributed by atoms with van der Waals surface area (Å²) in [6.45, 7) is 4.75. The van der Waals surface area contributed by atoms with Crippen molar-refractivity contribution < 1.29 is 24.3 Å². The Morgan fingerprint density at radius 3 is 2.57 bits per heavy atom. The van der Waals surface area contributed by atoms with E-state index in [4.69, 9.17) is 4.74 Å². The van der Waals surface area contributed by atoms with Gasteiger partial charge in [0.2, 0.25) is 0 Å². The van der Waals surface area contributed by atoms with Crippen molar-refractivity contribution >= 4 is 11.9 Å². The molecule has 3 rings (SSSR count). The summed E-state index contributed by atoms with van der Waals surface area (Å²) in [5.74, 6) is 0.0153. The van der Waals surface area contributed by atoms with Crippen LogP contribution in [0.3, 0.4) is 0 Å². The molecule has 1 aromatic rings. The first-order chi connectivity index (χ1) is 13.6. The Morgan fingerprint density at radius 1 is 1.11 bits per heavy atom. The van der Waals surface area contributed by atoms with E-state index in [2.05, 4.69) is 0 Å². The second kappa shape index (κ2) is 10.5. The number of quaternary nitrogens is 1. The molecule has 0 aromatic heterocycles. The number of rotatable bonds is 8. The molecule has 6 nitrogen and oxygen atoms in total. The number of hydrogen-bond donors (Lipinski definition) is 1. The minimum Gasteiger partial charge on any atom is -0.550 e. The van der Waals surface area contributed by atoms with Crippen molar-refractivity contribution in [3.63, 3.8) is 0 Å². The fourth-order valence-corrected chi connectivity index (χ4v) is 4.56. The largest absolute Gasteiger partial charge is 0.550 e. The van der Waals surface area contributed by atoms with Gasteiger partial charge in [-0.25, -0.2) is 0 Å². The van der Waals surface area contributed by atoms with Gasteiger partial charge in [0, 0.05) is 25.5 Å². The molecule has 0 bridgehead atoms. The Morgan fingerprint density at radius 2 is 1.86 bits per heavy atom. The van der Waals surface area contributed by atoms with Gasteiger partial charge in [0.05, 0.1) is 19.6 Å². The molecular formula is C22H32N2O4. The number of ether oxygens (including phenoxy) is 1. The third kappa shape index (κ3) is 6.23. The summed E-state index contributed by atoms with van der Waals surface area (Å²) in [5.41, 5.74) is 0. The lowest BCUT2D eigenvalue weighted by Gasteiger charge is -2.39. The van der Waals surface area contributed by atoms with Crippen molar-refractivity contribution in [2.24, 2.45) is 11.8 Å². The maximum Gasteiger partial charge on any atom is 0.260 e. The van der Waals surface area contributed by atoms with Crippen LogP contribution in [-0.2, 0) is 9.59 Å². The molecule has 1 aromatic carbocycles. The molecule has 0 radical (unpaired) electrons. The highest BCUT2D eigenvalue weighted by atomic mass is 16.5. The number of para-hydroxylation sites is 1. The third-order valence-corrected chi connectivity index (χ3v) is 6.21. The second-order valence-corrected chi connectivity index (χ2v) is 8.18.